The number of hydrogen-bond donors (Lipinski definition) is 2. The van der Waals surface area contributed by atoms with Gasteiger partial charge in [-0.2, -0.15) is 0 Å². The summed E-state index contributed by atoms with van der Waals surface area (Å²) in [6, 6.07) is 8.40. The molecule has 0 unspecified atom stereocenters. The molecule has 0 spiro atoms. The molecule has 0 aliphatic heterocycles. The molecule has 5 nitrogen and oxygen atoms in total. The first kappa shape index (κ1) is 14.1. The van der Waals surface area contributed by atoms with Crippen molar-refractivity contribution in [2.75, 3.05) is 17.7 Å². The van der Waals surface area contributed by atoms with Crippen molar-refractivity contribution in [1.82, 2.24) is 4.98 Å². The Labute approximate surface area is 121 Å². The van der Waals surface area contributed by atoms with E-state index < -0.39 is 0 Å². The topological polar surface area (TPSA) is 77.2 Å². The maximum Gasteiger partial charge on any atom is 0.261 e. The Balaban J connectivity index is 2.32. The molecule has 0 aliphatic carbocycles. The van der Waals surface area contributed by atoms with Crippen LogP contribution in [0.25, 0.3) is 0 Å². The van der Waals surface area contributed by atoms with E-state index in [0.29, 0.717) is 23.7 Å². The Morgan fingerprint density at radius 3 is 2.90 bits per heavy atom. The molecule has 0 saturated heterocycles. The van der Waals surface area contributed by atoms with Crippen LogP contribution in [0, 0.1) is 0 Å². The summed E-state index contributed by atoms with van der Waals surface area (Å²) in [6.45, 7) is 2.28. The van der Waals surface area contributed by atoms with E-state index in [0.717, 1.165) is 0 Å². The summed E-state index contributed by atoms with van der Waals surface area (Å²) >= 11 is 5.91. The van der Waals surface area contributed by atoms with Crippen LogP contribution in [0.5, 0.6) is 5.75 Å². The van der Waals surface area contributed by atoms with Gasteiger partial charge in [0.05, 0.1) is 12.3 Å². The summed E-state index contributed by atoms with van der Waals surface area (Å²) in [5.41, 5.74) is 6.90. The van der Waals surface area contributed by atoms with Gasteiger partial charge in [0.25, 0.3) is 5.91 Å². The van der Waals surface area contributed by atoms with Gasteiger partial charge in [0.15, 0.2) is 5.15 Å². The molecule has 3 N–H and O–H groups in total. The zero-order valence-corrected chi connectivity index (χ0v) is 11.6. The van der Waals surface area contributed by atoms with Gasteiger partial charge >= 0.3 is 0 Å². The van der Waals surface area contributed by atoms with Crippen molar-refractivity contribution in [2.24, 2.45) is 0 Å². The first-order chi connectivity index (χ1) is 9.63. The van der Waals surface area contributed by atoms with E-state index in [1.54, 1.807) is 36.5 Å². The van der Waals surface area contributed by atoms with Gasteiger partial charge in [-0.05, 0) is 31.2 Å². The minimum absolute atomic E-state index is 0.216. The van der Waals surface area contributed by atoms with Gasteiger partial charge in [-0.15, -0.1) is 0 Å². The molecule has 0 aliphatic rings. The molecule has 0 bridgehead atoms. The van der Waals surface area contributed by atoms with E-state index in [-0.39, 0.29) is 16.6 Å². The van der Waals surface area contributed by atoms with Crippen molar-refractivity contribution in [3.63, 3.8) is 0 Å². The quantitative estimate of drug-likeness (QED) is 0.670. The number of carbonyl (C=O) groups excluding carboxylic acids is 1. The van der Waals surface area contributed by atoms with Crippen LogP contribution in [0.15, 0.2) is 36.5 Å². The molecule has 1 heterocycles. The minimum Gasteiger partial charge on any atom is -0.493 e. The van der Waals surface area contributed by atoms with E-state index in [4.69, 9.17) is 22.1 Å². The molecule has 104 valence electrons. The predicted molar refractivity (Wildman–Crippen MR) is 79.2 cm³/mol. The number of aromatic nitrogens is 1. The monoisotopic (exact) mass is 291 g/mol. The van der Waals surface area contributed by atoms with Crippen LogP contribution in [0.4, 0.5) is 11.4 Å². The Morgan fingerprint density at radius 2 is 2.20 bits per heavy atom. The SMILES string of the molecule is CCOc1cccc(N)c1C(=O)Nc1cccnc1Cl. The highest BCUT2D eigenvalue weighted by molar-refractivity contribution is 6.32. The fourth-order valence-electron chi connectivity index (χ4n) is 1.73. The summed E-state index contributed by atoms with van der Waals surface area (Å²) in [4.78, 5) is 16.2. The standard InChI is InChI=1S/C14H14ClN3O2/c1-2-20-11-7-3-5-9(16)12(11)14(19)18-10-6-4-8-17-13(10)15/h3-8H,2,16H2,1H3,(H,18,19). The van der Waals surface area contributed by atoms with Crippen LogP contribution in [0.2, 0.25) is 5.15 Å². The number of nitrogen functional groups attached to an aromatic ring is 1. The Bertz CT molecular complexity index is 632. The number of ether oxygens (including phenoxy) is 1. The Morgan fingerprint density at radius 1 is 1.40 bits per heavy atom. The number of rotatable bonds is 4. The van der Waals surface area contributed by atoms with E-state index in [1.807, 2.05) is 6.92 Å². The minimum atomic E-state index is -0.388. The van der Waals surface area contributed by atoms with Gasteiger partial charge in [0, 0.05) is 11.9 Å². The maximum absolute atomic E-state index is 12.3. The first-order valence-electron chi connectivity index (χ1n) is 6.06. The average Bonchev–Trinajstić information content (AvgIpc) is 2.42. The van der Waals surface area contributed by atoms with Crippen LogP contribution in [0.1, 0.15) is 17.3 Å². The first-order valence-corrected chi connectivity index (χ1v) is 6.44. The molecule has 1 aromatic carbocycles. The Kier molecular flexibility index (Phi) is 4.42. The largest absolute Gasteiger partial charge is 0.493 e. The van der Waals surface area contributed by atoms with Crippen LogP contribution in [0.3, 0.4) is 0 Å². The van der Waals surface area contributed by atoms with Crippen LogP contribution in [-0.2, 0) is 0 Å². The summed E-state index contributed by atoms with van der Waals surface area (Å²) in [7, 11) is 0. The number of pyridine rings is 1. The van der Waals surface area contributed by atoms with Crippen molar-refractivity contribution < 1.29 is 9.53 Å². The average molecular weight is 292 g/mol. The zero-order chi connectivity index (χ0) is 14.5. The van der Waals surface area contributed by atoms with Crippen molar-refractivity contribution >= 4 is 28.9 Å². The zero-order valence-electron chi connectivity index (χ0n) is 10.9. The van der Waals surface area contributed by atoms with Gasteiger partial charge in [-0.1, -0.05) is 17.7 Å². The molecule has 6 heteroatoms. The third kappa shape index (κ3) is 3.00. The normalized spacial score (nSPS) is 10.1. The van der Waals surface area contributed by atoms with E-state index in [1.165, 1.54) is 0 Å². The predicted octanol–water partition coefficient (Wildman–Crippen LogP) is 2.97. The van der Waals surface area contributed by atoms with Crippen molar-refractivity contribution in [3.05, 3.63) is 47.2 Å². The van der Waals surface area contributed by atoms with Crippen LogP contribution >= 0.6 is 11.6 Å². The van der Waals surface area contributed by atoms with E-state index in [9.17, 15) is 4.79 Å². The molecule has 0 saturated carbocycles. The van der Waals surface area contributed by atoms with Crippen LogP contribution in [-0.4, -0.2) is 17.5 Å². The number of carbonyl (C=O) groups is 1. The molecule has 1 aromatic heterocycles. The second-order valence-corrected chi connectivity index (χ2v) is 4.31. The summed E-state index contributed by atoms with van der Waals surface area (Å²) in [5.74, 6) is 0.0477. The maximum atomic E-state index is 12.3. The second-order valence-electron chi connectivity index (χ2n) is 3.95. The lowest BCUT2D eigenvalue weighted by molar-refractivity contribution is 0.102. The third-order valence-electron chi connectivity index (χ3n) is 2.59. The van der Waals surface area contributed by atoms with Crippen molar-refractivity contribution in [3.8, 4) is 5.75 Å². The molecular weight excluding hydrogens is 278 g/mol. The lowest BCUT2D eigenvalue weighted by atomic mass is 10.1. The number of halogens is 1. The molecule has 2 rings (SSSR count). The molecule has 0 fully saturated rings. The van der Waals surface area contributed by atoms with E-state index in [2.05, 4.69) is 10.3 Å². The third-order valence-corrected chi connectivity index (χ3v) is 2.89. The lowest BCUT2D eigenvalue weighted by Crippen LogP contribution is -2.16. The Hall–Kier alpha value is -2.27. The lowest BCUT2D eigenvalue weighted by Gasteiger charge is -2.13. The highest BCUT2D eigenvalue weighted by atomic mass is 35.5. The molecule has 0 radical (unpaired) electrons. The highest BCUT2D eigenvalue weighted by Gasteiger charge is 2.17. The number of nitrogens with zero attached hydrogens (tertiary/aromatic N) is 1. The number of hydrogen-bond acceptors (Lipinski definition) is 4. The molecule has 2 aromatic rings. The molecule has 20 heavy (non-hydrogen) atoms. The fraction of sp³-hybridized carbons (Fsp3) is 0.143. The van der Waals surface area contributed by atoms with Crippen molar-refractivity contribution in [1.29, 1.82) is 0 Å². The van der Waals surface area contributed by atoms with Gasteiger partial charge < -0.3 is 15.8 Å². The molecule has 0 atom stereocenters. The number of anilines is 2. The number of amides is 1. The number of nitrogens with one attached hydrogen (secondary N) is 1. The number of benzene rings is 1. The summed E-state index contributed by atoms with van der Waals surface area (Å²) in [5, 5.41) is 2.89. The van der Waals surface area contributed by atoms with Gasteiger partial charge in [0.1, 0.15) is 11.3 Å². The summed E-state index contributed by atoms with van der Waals surface area (Å²) in [6.07, 6.45) is 1.54. The van der Waals surface area contributed by atoms with Gasteiger partial charge in [-0.3, -0.25) is 4.79 Å². The van der Waals surface area contributed by atoms with Crippen LogP contribution < -0.4 is 15.8 Å². The smallest absolute Gasteiger partial charge is 0.261 e. The molecule has 1 amide bonds. The second kappa shape index (κ2) is 6.25. The van der Waals surface area contributed by atoms with E-state index >= 15 is 0 Å². The van der Waals surface area contributed by atoms with Gasteiger partial charge in [0.2, 0.25) is 0 Å². The van der Waals surface area contributed by atoms with Crippen molar-refractivity contribution in [2.45, 2.75) is 6.92 Å². The summed E-state index contributed by atoms with van der Waals surface area (Å²) < 4.78 is 5.42. The highest BCUT2D eigenvalue weighted by Crippen LogP contribution is 2.26. The molecular formula is C14H14ClN3O2. The number of nitrogens with two attached hydrogens (primary N) is 1. The van der Waals surface area contributed by atoms with Gasteiger partial charge in [-0.25, -0.2) is 4.98 Å². The fourth-order valence-corrected chi connectivity index (χ4v) is 1.90.